The average Bonchev–Trinajstić information content (AvgIpc) is 3.15. The van der Waals surface area contributed by atoms with Gasteiger partial charge in [-0.3, -0.25) is 0 Å². The average molecular weight is 422 g/mol. The Labute approximate surface area is 167 Å². The minimum atomic E-state index is -3.64. The molecule has 0 amide bonds. The highest BCUT2D eigenvalue weighted by Gasteiger charge is 2.37. The first-order chi connectivity index (χ1) is 13.7. The Bertz CT molecular complexity index is 1070. The molecular formula is C20H20F2N2O4S. The molecule has 29 heavy (non-hydrogen) atoms. The van der Waals surface area contributed by atoms with Crippen LogP contribution in [-0.4, -0.2) is 42.8 Å². The Kier molecular flexibility index (Phi) is 6.11. The number of para-hydroxylation sites is 1. The number of sulfone groups is 1. The van der Waals surface area contributed by atoms with Crippen LogP contribution < -0.4 is 0 Å². The van der Waals surface area contributed by atoms with Crippen LogP contribution in [0.1, 0.15) is 12.1 Å². The van der Waals surface area contributed by atoms with Gasteiger partial charge in [0.1, 0.15) is 0 Å². The van der Waals surface area contributed by atoms with E-state index in [1.165, 1.54) is 22.9 Å². The number of aliphatic hydroxyl groups excluding tert-OH is 1. The van der Waals surface area contributed by atoms with Gasteiger partial charge in [0.2, 0.25) is 0 Å². The molecule has 0 bridgehead atoms. The zero-order valence-electron chi connectivity index (χ0n) is 15.6. The molecule has 0 fully saturated rings. The summed E-state index contributed by atoms with van der Waals surface area (Å²) in [5.74, 6) is 0. The zero-order chi connectivity index (χ0) is 21.1. The van der Waals surface area contributed by atoms with E-state index in [-0.39, 0.29) is 24.5 Å². The monoisotopic (exact) mass is 422 g/mol. The molecule has 154 valence electrons. The predicted molar refractivity (Wildman–Crippen MR) is 104 cm³/mol. The molecule has 3 aromatic rings. The molecule has 3 rings (SSSR count). The molecule has 2 aromatic carbocycles. The maximum atomic E-state index is 14.5. The normalized spacial score (nSPS) is 12.3. The lowest BCUT2D eigenvalue weighted by Crippen LogP contribution is -2.20. The Hall–Kier alpha value is -2.62. The van der Waals surface area contributed by atoms with Crippen LogP contribution in [0.2, 0.25) is 0 Å². The minimum absolute atomic E-state index is 0.0782. The third-order valence-electron chi connectivity index (χ3n) is 4.17. The van der Waals surface area contributed by atoms with Crippen LogP contribution in [0.3, 0.4) is 0 Å². The zero-order valence-corrected chi connectivity index (χ0v) is 16.4. The number of alkyl halides is 2. The summed E-state index contributed by atoms with van der Waals surface area (Å²) in [4.78, 5) is 0.130. The fourth-order valence-corrected chi connectivity index (χ4v) is 3.34. The fraction of sp³-hybridized carbons (Fsp3) is 0.250. The third kappa shape index (κ3) is 4.87. The standard InChI is InChI=1S/C20H20F2N2O4S/c1-29(26,27)17-10-8-15(9-11-17)18-14-19(20(21,22)28-13-5-12-25)23-24(18)16-6-3-2-4-7-16/h2-4,6-11,14,25H,5,12-13H2,1H3. The van der Waals surface area contributed by atoms with E-state index < -0.39 is 21.6 Å². The second-order valence-corrected chi connectivity index (χ2v) is 8.42. The van der Waals surface area contributed by atoms with E-state index in [9.17, 15) is 17.2 Å². The van der Waals surface area contributed by atoms with Crippen molar-refractivity contribution in [1.29, 1.82) is 0 Å². The molecule has 0 aliphatic heterocycles. The van der Waals surface area contributed by atoms with E-state index in [0.717, 1.165) is 6.26 Å². The van der Waals surface area contributed by atoms with Crippen molar-refractivity contribution in [2.45, 2.75) is 17.4 Å². The number of hydrogen-bond donors (Lipinski definition) is 1. The second-order valence-electron chi connectivity index (χ2n) is 6.40. The molecule has 1 N–H and O–H groups in total. The summed E-state index contributed by atoms with van der Waals surface area (Å²) in [7, 11) is -3.38. The van der Waals surface area contributed by atoms with Gasteiger partial charge in [0.05, 0.1) is 22.9 Å². The Morgan fingerprint density at radius 1 is 1.10 bits per heavy atom. The summed E-state index contributed by atoms with van der Waals surface area (Å²) in [6, 6.07) is 15.9. The lowest BCUT2D eigenvalue weighted by Gasteiger charge is -2.13. The van der Waals surface area contributed by atoms with Crippen LogP contribution in [0.5, 0.6) is 0 Å². The van der Waals surface area contributed by atoms with Crippen LogP contribution in [0.4, 0.5) is 8.78 Å². The maximum absolute atomic E-state index is 14.5. The van der Waals surface area contributed by atoms with Gasteiger partial charge >= 0.3 is 6.11 Å². The lowest BCUT2D eigenvalue weighted by molar-refractivity contribution is -0.252. The molecule has 0 radical (unpaired) electrons. The molecular weight excluding hydrogens is 402 g/mol. The summed E-state index contributed by atoms with van der Waals surface area (Å²) < 4.78 is 58.3. The van der Waals surface area contributed by atoms with Gasteiger partial charge in [0, 0.05) is 18.4 Å². The lowest BCUT2D eigenvalue weighted by atomic mass is 10.1. The number of benzene rings is 2. The summed E-state index contributed by atoms with van der Waals surface area (Å²) in [6.45, 7) is -0.577. The van der Waals surface area contributed by atoms with Crippen LogP contribution in [0, 0.1) is 0 Å². The molecule has 9 heteroatoms. The van der Waals surface area contributed by atoms with Gasteiger partial charge in [-0.15, -0.1) is 0 Å². The molecule has 0 atom stereocenters. The first kappa shape index (κ1) is 21.1. The van der Waals surface area contributed by atoms with Crippen molar-refractivity contribution in [3.63, 3.8) is 0 Å². The van der Waals surface area contributed by atoms with Crippen molar-refractivity contribution in [2.24, 2.45) is 0 Å². The van der Waals surface area contributed by atoms with E-state index in [4.69, 9.17) is 5.11 Å². The maximum Gasteiger partial charge on any atom is 0.401 e. The first-order valence-electron chi connectivity index (χ1n) is 8.81. The summed E-state index contributed by atoms with van der Waals surface area (Å²) >= 11 is 0. The highest BCUT2D eigenvalue weighted by Crippen LogP contribution is 2.33. The van der Waals surface area contributed by atoms with Crippen molar-refractivity contribution in [1.82, 2.24) is 9.78 Å². The number of ether oxygens (including phenoxy) is 1. The van der Waals surface area contributed by atoms with Crippen molar-refractivity contribution >= 4 is 9.84 Å². The van der Waals surface area contributed by atoms with Crippen molar-refractivity contribution < 1.29 is 27.0 Å². The van der Waals surface area contributed by atoms with E-state index in [1.807, 2.05) is 0 Å². The number of halogens is 2. The van der Waals surface area contributed by atoms with Gasteiger partial charge in [-0.1, -0.05) is 30.3 Å². The van der Waals surface area contributed by atoms with Gasteiger partial charge in [-0.25, -0.2) is 13.1 Å². The Morgan fingerprint density at radius 3 is 2.34 bits per heavy atom. The summed E-state index contributed by atoms with van der Waals surface area (Å²) in [5.41, 5.74) is 0.858. The van der Waals surface area contributed by atoms with Crippen molar-refractivity contribution in [2.75, 3.05) is 19.5 Å². The molecule has 0 saturated heterocycles. The molecule has 0 unspecified atom stereocenters. The Balaban J connectivity index is 2.06. The van der Waals surface area contributed by atoms with Crippen molar-refractivity contribution in [3.8, 4) is 16.9 Å². The van der Waals surface area contributed by atoms with Crippen molar-refractivity contribution in [3.05, 3.63) is 66.4 Å². The second kappa shape index (κ2) is 8.40. The minimum Gasteiger partial charge on any atom is -0.396 e. The topological polar surface area (TPSA) is 81.4 Å². The summed E-state index contributed by atoms with van der Waals surface area (Å²) in [5, 5.41) is 12.8. The molecule has 0 aliphatic rings. The number of rotatable bonds is 8. The third-order valence-corrected chi connectivity index (χ3v) is 5.30. The highest BCUT2D eigenvalue weighted by molar-refractivity contribution is 7.90. The van der Waals surface area contributed by atoms with Gasteiger partial charge in [-0.05, 0) is 36.8 Å². The quantitative estimate of drug-likeness (QED) is 0.563. The van der Waals surface area contributed by atoms with Crippen LogP contribution in [0.25, 0.3) is 16.9 Å². The molecule has 0 saturated carbocycles. The van der Waals surface area contributed by atoms with Gasteiger partial charge in [0.25, 0.3) is 0 Å². The largest absolute Gasteiger partial charge is 0.401 e. The Morgan fingerprint density at radius 2 is 1.76 bits per heavy atom. The first-order valence-corrected chi connectivity index (χ1v) is 10.7. The van der Waals surface area contributed by atoms with Gasteiger partial charge in [0.15, 0.2) is 15.5 Å². The van der Waals surface area contributed by atoms with E-state index in [1.54, 1.807) is 42.5 Å². The highest BCUT2D eigenvalue weighted by atomic mass is 32.2. The SMILES string of the molecule is CS(=O)(=O)c1ccc(-c2cc(C(F)(F)OCCCO)nn2-c2ccccc2)cc1. The molecule has 1 heterocycles. The van der Waals surface area contributed by atoms with Gasteiger partial charge in [-0.2, -0.15) is 13.9 Å². The predicted octanol–water partition coefficient (Wildman–Crippen LogP) is 3.39. The molecule has 6 nitrogen and oxygen atoms in total. The van der Waals surface area contributed by atoms with Crippen LogP contribution >= 0.6 is 0 Å². The number of nitrogens with zero attached hydrogens (tertiary/aromatic N) is 2. The smallest absolute Gasteiger partial charge is 0.396 e. The number of aliphatic hydroxyl groups is 1. The number of aromatic nitrogens is 2. The molecule has 0 aliphatic carbocycles. The van der Waals surface area contributed by atoms with E-state index in [2.05, 4.69) is 9.84 Å². The van der Waals surface area contributed by atoms with E-state index >= 15 is 0 Å². The number of hydrogen-bond acceptors (Lipinski definition) is 5. The van der Waals surface area contributed by atoms with E-state index in [0.29, 0.717) is 16.9 Å². The van der Waals surface area contributed by atoms with Gasteiger partial charge < -0.3 is 9.84 Å². The molecule has 1 aromatic heterocycles. The molecule has 0 spiro atoms. The fourth-order valence-electron chi connectivity index (χ4n) is 2.71. The summed E-state index contributed by atoms with van der Waals surface area (Å²) in [6.07, 6.45) is -2.47. The van der Waals surface area contributed by atoms with Crippen LogP contribution in [-0.2, 0) is 20.7 Å². The van der Waals surface area contributed by atoms with Crippen LogP contribution in [0.15, 0.2) is 65.6 Å².